The van der Waals surface area contributed by atoms with Crippen LogP contribution in [0.2, 0.25) is 0 Å². The normalized spacial score (nSPS) is 39.0. The third kappa shape index (κ3) is 1.44. The standard InChI is InChI=1S/C10H18N/c1-2-11-7-9-5-3-4-6-10(9)8-11/h9-10H,1-8H2/t9-,10+. The maximum absolute atomic E-state index is 3.95. The molecule has 0 amide bonds. The molecule has 0 aromatic rings. The van der Waals surface area contributed by atoms with Crippen LogP contribution >= 0.6 is 0 Å². The summed E-state index contributed by atoms with van der Waals surface area (Å²) in [6.45, 7) is 7.66. The van der Waals surface area contributed by atoms with Crippen molar-refractivity contribution in [3.8, 4) is 0 Å². The van der Waals surface area contributed by atoms with Crippen LogP contribution in [0.1, 0.15) is 25.7 Å². The Labute approximate surface area is 69.8 Å². The summed E-state index contributed by atoms with van der Waals surface area (Å²) in [5.41, 5.74) is 0. The zero-order valence-corrected chi connectivity index (χ0v) is 7.26. The number of likely N-dealkylation sites (tertiary alicyclic amines) is 1. The Morgan fingerprint density at radius 2 is 1.64 bits per heavy atom. The zero-order chi connectivity index (χ0) is 7.68. The summed E-state index contributed by atoms with van der Waals surface area (Å²) in [5.74, 6) is 2.07. The van der Waals surface area contributed by atoms with Crippen molar-refractivity contribution in [2.24, 2.45) is 11.8 Å². The highest BCUT2D eigenvalue weighted by molar-refractivity contribution is 4.86. The monoisotopic (exact) mass is 152 g/mol. The summed E-state index contributed by atoms with van der Waals surface area (Å²) in [6, 6.07) is 0. The molecule has 0 spiro atoms. The molecule has 1 saturated carbocycles. The fraction of sp³-hybridized carbons (Fsp3) is 0.900. The van der Waals surface area contributed by atoms with Crippen LogP contribution in [-0.4, -0.2) is 24.5 Å². The minimum atomic E-state index is 1.02. The summed E-state index contributed by atoms with van der Waals surface area (Å²) in [6.07, 6.45) is 5.93. The van der Waals surface area contributed by atoms with Crippen molar-refractivity contribution in [1.29, 1.82) is 0 Å². The van der Waals surface area contributed by atoms with Gasteiger partial charge in [0.25, 0.3) is 0 Å². The molecule has 2 aliphatic rings. The summed E-state index contributed by atoms with van der Waals surface area (Å²) >= 11 is 0. The molecule has 1 radical (unpaired) electrons. The second-order valence-electron chi connectivity index (χ2n) is 4.06. The lowest BCUT2D eigenvalue weighted by molar-refractivity contribution is 0.299. The van der Waals surface area contributed by atoms with Gasteiger partial charge in [0.2, 0.25) is 0 Å². The van der Waals surface area contributed by atoms with Crippen LogP contribution in [0.4, 0.5) is 0 Å². The maximum Gasteiger partial charge on any atom is 0.00129 e. The minimum Gasteiger partial charge on any atom is -0.303 e. The number of hydrogen-bond acceptors (Lipinski definition) is 1. The van der Waals surface area contributed by atoms with Crippen LogP contribution in [0.3, 0.4) is 0 Å². The van der Waals surface area contributed by atoms with Gasteiger partial charge in [-0.3, -0.25) is 0 Å². The maximum atomic E-state index is 3.95. The number of hydrogen-bond donors (Lipinski definition) is 0. The molecule has 0 aromatic heterocycles. The Hall–Kier alpha value is -0.0400. The predicted molar refractivity (Wildman–Crippen MR) is 47.2 cm³/mol. The van der Waals surface area contributed by atoms with Crippen LogP contribution < -0.4 is 0 Å². The van der Waals surface area contributed by atoms with E-state index in [0.717, 1.165) is 18.4 Å². The molecule has 0 bridgehead atoms. The van der Waals surface area contributed by atoms with Gasteiger partial charge in [0.15, 0.2) is 0 Å². The van der Waals surface area contributed by atoms with Gasteiger partial charge in [-0.2, -0.15) is 0 Å². The van der Waals surface area contributed by atoms with Crippen molar-refractivity contribution in [1.82, 2.24) is 4.90 Å². The highest BCUT2D eigenvalue weighted by Gasteiger charge is 2.33. The van der Waals surface area contributed by atoms with Crippen molar-refractivity contribution >= 4 is 0 Å². The fourth-order valence-corrected chi connectivity index (χ4v) is 2.69. The Bertz CT molecular complexity index is 119. The molecule has 1 aliphatic heterocycles. The van der Waals surface area contributed by atoms with E-state index in [1.54, 1.807) is 0 Å². The third-order valence-electron chi connectivity index (χ3n) is 3.37. The fourth-order valence-electron chi connectivity index (χ4n) is 2.69. The third-order valence-corrected chi connectivity index (χ3v) is 3.37. The van der Waals surface area contributed by atoms with Crippen molar-refractivity contribution in [2.45, 2.75) is 25.7 Å². The summed E-state index contributed by atoms with van der Waals surface area (Å²) in [5, 5.41) is 0. The topological polar surface area (TPSA) is 3.24 Å². The van der Waals surface area contributed by atoms with Gasteiger partial charge in [-0.25, -0.2) is 0 Å². The quantitative estimate of drug-likeness (QED) is 0.555. The lowest BCUT2D eigenvalue weighted by Gasteiger charge is -2.23. The van der Waals surface area contributed by atoms with Gasteiger partial charge in [0.1, 0.15) is 0 Å². The summed E-state index contributed by atoms with van der Waals surface area (Å²) in [7, 11) is 0. The van der Waals surface area contributed by atoms with Crippen LogP contribution in [0.15, 0.2) is 0 Å². The first-order valence-corrected chi connectivity index (χ1v) is 4.92. The molecule has 2 atom stereocenters. The van der Waals surface area contributed by atoms with Crippen molar-refractivity contribution in [3.05, 3.63) is 6.92 Å². The molecule has 2 rings (SSSR count). The van der Waals surface area contributed by atoms with E-state index in [4.69, 9.17) is 0 Å². The van der Waals surface area contributed by atoms with Gasteiger partial charge in [-0.15, -0.1) is 0 Å². The average Bonchev–Trinajstić information content (AvgIpc) is 2.46. The number of nitrogens with zero attached hydrogens (tertiary/aromatic N) is 1. The van der Waals surface area contributed by atoms with Crippen molar-refractivity contribution < 1.29 is 0 Å². The summed E-state index contributed by atoms with van der Waals surface area (Å²) in [4.78, 5) is 2.51. The zero-order valence-electron chi connectivity index (χ0n) is 7.26. The van der Waals surface area contributed by atoms with Crippen LogP contribution in [0.25, 0.3) is 0 Å². The van der Waals surface area contributed by atoms with Crippen molar-refractivity contribution in [3.63, 3.8) is 0 Å². The first-order valence-electron chi connectivity index (χ1n) is 4.92. The number of fused-ring (bicyclic) bond motifs is 1. The first-order chi connectivity index (χ1) is 5.40. The van der Waals surface area contributed by atoms with E-state index in [2.05, 4.69) is 11.8 Å². The predicted octanol–water partition coefficient (Wildman–Crippen LogP) is 1.94. The van der Waals surface area contributed by atoms with Gasteiger partial charge < -0.3 is 4.90 Å². The Morgan fingerprint density at radius 3 is 2.09 bits per heavy atom. The van der Waals surface area contributed by atoms with Gasteiger partial charge in [0, 0.05) is 13.1 Å². The molecular formula is C10H18N. The summed E-state index contributed by atoms with van der Waals surface area (Å²) < 4.78 is 0. The van der Waals surface area contributed by atoms with Gasteiger partial charge in [-0.05, 0) is 38.1 Å². The van der Waals surface area contributed by atoms with E-state index in [-0.39, 0.29) is 0 Å². The molecule has 1 aliphatic carbocycles. The van der Waals surface area contributed by atoms with E-state index in [0.29, 0.717) is 0 Å². The molecule has 0 unspecified atom stereocenters. The molecule has 0 aromatic carbocycles. The highest BCUT2D eigenvalue weighted by atomic mass is 15.1. The van der Waals surface area contributed by atoms with Crippen LogP contribution in [-0.2, 0) is 0 Å². The average molecular weight is 152 g/mol. The molecule has 0 N–H and O–H groups in total. The molecule has 1 saturated heterocycles. The Kier molecular flexibility index (Phi) is 2.17. The molecule has 1 heterocycles. The van der Waals surface area contributed by atoms with E-state index >= 15 is 0 Å². The molecule has 1 heteroatoms. The van der Waals surface area contributed by atoms with Gasteiger partial charge in [0.05, 0.1) is 0 Å². The van der Waals surface area contributed by atoms with E-state index in [1.807, 2.05) is 0 Å². The number of rotatable bonds is 1. The van der Waals surface area contributed by atoms with E-state index in [9.17, 15) is 0 Å². The molecule has 2 fully saturated rings. The van der Waals surface area contributed by atoms with Gasteiger partial charge in [-0.1, -0.05) is 12.8 Å². The molecule has 63 valence electrons. The first kappa shape index (κ1) is 7.60. The van der Waals surface area contributed by atoms with Crippen LogP contribution in [0.5, 0.6) is 0 Å². The molecule has 1 nitrogen and oxygen atoms in total. The van der Waals surface area contributed by atoms with Crippen molar-refractivity contribution in [2.75, 3.05) is 19.6 Å². The smallest absolute Gasteiger partial charge is 0.00129 e. The minimum absolute atomic E-state index is 1.02. The second-order valence-corrected chi connectivity index (χ2v) is 4.06. The highest BCUT2D eigenvalue weighted by Crippen LogP contribution is 2.35. The van der Waals surface area contributed by atoms with E-state index in [1.165, 1.54) is 38.8 Å². The molecular weight excluding hydrogens is 134 g/mol. The Balaban J connectivity index is 1.92. The Morgan fingerprint density at radius 1 is 1.09 bits per heavy atom. The lowest BCUT2D eigenvalue weighted by atomic mass is 9.82. The SMILES string of the molecule is [CH2]CN1C[C@H]2CCCC[C@H]2C1. The second kappa shape index (κ2) is 3.14. The molecule has 11 heavy (non-hydrogen) atoms. The van der Waals surface area contributed by atoms with Gasteiger partial charge >= 0.3 is 0 Å². The van der Waals surface area contributed by atoms with Crippen LogP contribution in [0, 0.1) is 18.8 Å². The largest absolute Gasteiger partial charge is 0.303 e. The van der Waals surface area contributed by atoms with E-state index < -0.39 is 0 Å². The lowest BCUT2D eigenvalue weighted by Crippen LogP contribution is -2.19.